The van der Waals surface area contributed by atoms with Gasteiger partial charge in [-0.25, -0.2) is 0 Å². The van der Waals surface area contributed by atoms with E-state index in [4.69, 9.17) is 15.2 Å². The Bertz CT molecular complexity index is 450. The molecule has 0 spiro atoms. The van der Waals surface area contributed by atoms with Gasteiger partial charge in [0, 0.05) is 6.54 Å². The highest BCUT2D eigenvalue weighted by Crippen LogP contribution is 2.30. The summed E-state index contributed by atoms with van der Waals surface area (Å²) in [6.45, 7) is 3.62. The summed E-state index contributed by atoms with van der Waals surface area (Å²) in [6.07, 6.45) is 1.34. The Hall–Kier alpha value is -1.75. The van der Waals surface area contributed by atoms with Crippen LogP contribution < -0.4 is 20.5 Å². The normalized spacial score (nSPS) is 18.4. The van der Waals surface area contributed by atoms with Gasteiger partial charge in [0.1, 0.15) is 6.61 Å². The first-order valence-electron chi connectivity index (χ1n) is 7.10. The molecule has 5 heteroatoms. The van der Waals surface area contributed by atoms with E-state index in [0.29, 0.717) is 30.5 Å². The summed E-state index contributed by atoms with van der Waals surface area (Å²) in [5.41, 5.74) is 5.55. The Morgan fingerprint density at radius 3 is 2.90 bits per heavy atom. The van der Waals surface area contributed by atoms with Crippen molar-refractivity contribution in [2.75, 3.05) is 19.7 Å². The van der Waals surface area contributed by atoms with Crippen LogP contribution >= 0.6 is 0 Å². The summed E-state index contributed by atoms with van der Waals surface area (Å²) >= 11 is 0. The highest BCUT2D eigenvalue weighted by molar-refractivity contribution is 5.81. The van der Waals surface area contributed by atoms with Crippen LogP contribution in [-0.2, 0) is 4.79 Å². The number of nitrogens with two attached hydrogens (primary N) is 1. The molecule has 0 fully saturated rings. The summed E-state index contributed by atoms with van der Waals surface area (Å²) in [4.78, 5) is 12.1. The molecule has 5 nitrogen and oxygen atoms in total. The van der Waals surface area contributed by atoms with Gasteiger partial charge >= 0.3 is 0 Å². The van der Waals surface area contributed by atoms with Crippen molar-refractivity contribution in [2.24, 2.45) is 11.7 Å². The number of para-hydroxylation sites is 2. The molecule has 1 aliphatic heterocycles. The molecule has 2 rings (SSSR count). The molecule has 1 amide bonds. The van der Waals surface area contributed by atoms with E-state index in [0.717, 1.165) is 12.8 Å². The number of amides is 1. The zero-order valence-electron chi connectivity index (χ0n) is 11.8. The smallest absolute Gasteiger partial charge is 0.264 e. The molecule has 1 aromatic rings. The number of carbonyl (C=O) groups excluding carboxylic acids is 1. The third kappa shape index (κ3) is 3.63. The molecule has 0 radical (unpaired) electrons. The molecule has 0 aromatic heterocycles. The molecule has 20 heavy (non-hydrogen) atoms. The van der Waals surface area contributed by atoms with Crippen molar-refractivity contribution in [1.82, 2.24) is 5.32 Å². The third-order valence-corrected chi connectivity index (χ3v) is 3.52. The molecule has 3 N–H and O–H groups in total. The number of fused-ring (bicyclic) bond motifs is 1. The second-order valence-corrected chi connectivity index (χ2v) is 4.96. The van der Waals surface area contributed by atoms with Crippen molar-refractivity contribution < 1.29 is 14.3 Å². The van der Waals surface area contributed by atoms with Crippen LogP contribution in [0.15, 0.2) is 24.3 Å². The largest absolute Gasteiger partial charge is 0.485 e. The summed E-state index contributed by atoms with van der Waals surface area (Å²) in [5.74, 6) is 1.59. The number of hydrogen-bond donors (Lipinski definition) is 2. The molecule has 2 unspecified atom stereocenters. The molecule has 110 valence electrons. The number of benzene rings is 1. The average molecular weight is 278 g/mol. The first-order chi connectivity index (χ1) is 9.74. The summed E-state index contributed by atoms with van der Waals surface area (Å²) < 4.78 is 11.2. The molecule has 0 aliphatic carbocycles. The molecule has 0 bridgehead atoms. The van der Waals surface area contributed by atoms with Crippen LogP contribution in [0.4, 0.5) is 0 Å². The van der Waals surface area contributed by atoms with E-state index in [1.807, 2.05) is 18.2 Å². The SMILES string of the molecule is CCC(CCN)CNC(=O)C1COc2ccccc2O1. The lowest BCUT2D eigenvalue weighted by atomic mass is 10.0. The first-order valence-corrected chi connectivity index (χ1v) is 7.10. The van der Waals surface area contributed by atoms with E-state index in [1.165, 1.54) is 0 Å². The van der Waals surface area contributed by atoms with E-state index in [1.54, 1.807) is 6.07 Å². The number of carbonyl (C=O) groups is 1. The van der Waals surface area contributed by atoms with E-state index in [9.17, 15) is 4.79 Å². The van der Waals surface area contributed by atoms with Crippen LogP contribution in [0.5, 0.6) is 11.5 Å². The number of ether oxygens (including phenoxy) is 2. The monoisotopic (exact) mass is 278 g/mol. The van der Waals surface area contributed by atoms with Crippen molar-refractivity contribution in [3.63, 3.8) is 0 Å². The maximum Gasteiger partial charge on any atom is 0.264 e. The third-order valence-electron chi connectivity index (χ3n) is 3.52. The van der Waals surface area contributed by atoms with Crippen LogP contribution in [0.1, 0.15) is 19.8 Å². The van der Waals surface area contributed by atoms with Crippen molar-refractivity contribution in [3.05, 3.63) is 24.3 Å². The standard InChI is InChI=1S/C15H22N2O3/c1-2-11(7-8-16)9-17-15(18)14-10-19-12-5-3-4-6-13(12)20-14/h3-6,11,14H,2,7-10,16H2,1H3,(H,17,18). The van der Waals surface area contributed by atoms with Gasteiger partial charge in [-0.05, 0) is 31.0 Å². The Morgan fingerprint density at radius 2 is 2.20 bits per heavy atom. The highest BCUT2D eigenvalue weighted by Gasteiger charge is 2.27. The van der Waals surface area contributed by atoms with Crippen molar-refractivity contribution >= 4 is 5.91 Å². The fraction of sp³-hybridized carbons (Fsp3) is 0.533. The van der Waals surface area contributed by atoms with Gasteiger partial charge in [0.15, 0.2) is 11.5 Å². The van der Waals surface area contributed by atoms with Crippen molar-refractivity contribution in [2.45, 2.75) is 25.9 Å². The van der Waals surface area contributed by atoms with Gasteiger partial charge in [0.2, 0.25) is 6.10 Å². The molecule has 2 atom stereocenters. The minimum atomic E-state index is -0.583. The van der Waals surface area contributed by atoms with E-state index < -0.39 is 6.10 Å². The zero-order chi connectivity index (χ0) is 14.4. The van der Waals surface area contributed by atoms with Crippen LogP contribution in [0.3, 0.4) is 0 Å². The summed E-state index contributed by atoms with van der Waals surface area (Å²) in [6, 6.07) is 7.37. The summed E-state index contributed by atoms with van der Waals surface area (Å²) in [5, 5.41) is 2.92. The first kappa shape index (κ1) is 14.7. The lowest BCUT2D eigenvalue weighted by molar-refractivity contribution is -0.130. The zero-order valence-corrected chi connectivity index (χ0v) is 11.8. The molecular formula is C15H22N2O3. The minimum absolute atomic E-state index is 0.130. The van der Waals surface area contributed by atoms with Crippen molar-refractivity contribution in [1.29, 1.82) is 0 Å². The molecule has 0 saturated heterocycles. The van der Waals surface area contributed by atoms with Crippen molar-refractivity contribution in [3.8, 4) is 11.5 Å². The average Bonchev–Trinajstić information content (AvgIpc) is 2.50. The molecular weight excluding hydrogens is 256 g/mol. The maximum atomic E-state index is 12.1. The molecule has 1 aromatic carbocycles. The Morgan fingerprint density at radius 1 is 1.45 bits per heavy atom. The number of nitrogens with one attached hydrogen (secondary N) is 1. The quantitative estimate of drug-likeness (QED) is 0.823. The minimum Gasteiger partial charge on any atom is -0.485 e. The van der Waals surface area contributed by atoms with Gasteiger partial charge in [0.25, 0.3) is 5.91 Å². The molecule has 0 saturated carbocycles. The lowest BCUT2D eigenvalue weighted by Gasteiger charge is -2.26. The van der Waals surface area contributed by atoms with E-state index >= 15 is 0 Å². The summed E-state index contributed by atoms with van der Waals surface area (Å²) in [7, 11) is 0. The van der Waals surface area contributed by atoms with Crippen LogP contribution in [0.25, 0.3) is 0 Å². The second-order valence-electron chi connectivity index (χ2n) is 4.96. The molecule has 1 heterocycles. The maximum absolute atomic E-state index is 12.1. The van der Waals surface area contributed by atoms with Gasteiger partial charge in [-0.2, -0.15) is 0 Å². The van der Waals surface area contributed by atoms with Gasteiger partial charge in [-0.1, -0.05) is 25.5 Å². The topological polar surface area (TPSA) is 73.6 Å². The Balaban J connectivity index is 1.85. The lowest BCUT2D eigenvalue weighted by Crippen LogP contribution is -2.45. The second kappa shape index (κ2) is 7.14. The Kier molecular flexibility index (Phi) is 5.24. The predicted octanol–water partition coefficient (Wildman–Crippen LogP) is 1.32. The van der Waals surface area contributed by atoms with Crippen LogP contribution in [0, 0.1) is 5.92 Å². The van der Waals surface area contributed by atoms with E-state index in [2.05, 4.69) is 12.2 Å². The number of hydrogen-bond acceptors (Lipinski definition) is 4. The fourth-order valence-electron chi connectivity index (χ4n) is 2.19. The Labute approximate surface area is 119 Å². The van der Waals surface area contributed by atoms with E-state index in [-0.39, 0.29) is 12.5 Å². The van der Waals surface area contributed by atoms with Crippen LogP contribution in [0.2, 0.25) is 0 Å². The van der Waals surface area contributed by atoms with Crippen LogP contribution in [-0.4, -0.2) is 31.7 Å². The fourth-order valence-corrected chi connectivity index (χ4v) is 2.19. The van der Waals surface area contributed by atoms with Gasteiger partial charge < -0.3 is 20.5 Å². The predicted molar refractivity (Wildman–Crippen MR) is 76.8 cm³/mol. The van der Waals surface area contributed by atoms with Gasteiger partial charge in [0.05, 0.1) is 0 Å². The highest BCUT2D eigenvalue weighted by atomic mass is 16.6. The molecule has 1 aliphatic rings. The van der Waals surface area contributed by atoms with Gasteiger partial charge in [-0.3, -0.25) is 4.79 Å². The number of rotatable bonds is 6. The van der Waals surface area contributed by atoms with Gasteiger partial charge in [-0.15, -0.1) is 0 Å².